The number of carboxylic acid groups (broad SMARTS) is 1. The number of aryl methyl sites for hydroxylation is 1. The first-order valence-corrected chi connectivity index (χ1v) is 10.6. The number of carbonyl (C=O) groups excluding carboxylic acids is 1. The molecule has 1 saturated heterocycles. The van der Waals surface area contributed by atoms with Crippen LogP contribution in [0.15, 0.2) is 12.1 Å². The maximum Gasteiger partial charge on any atom is 0.435 e. The zero-order chi connectivity index (χ0) is 23.9. The van der Waals surface area contributed by atoms with Crippen LogP contribution in [0, 0.1) is 0 Å². The van der Waals surface area contributed by atoms with Crippen molar-refractivity contribution in [3.8, 4) is 5.75 Å². The standard InChI is InChI=1S/C20H21ClF3N5O4/c1-27-18(20(22,23)24)13(25-26-27)10-33-15-5-4-12(21)11-6-8-29(19(31)32)14(17(11)15)9-28-7-2-3-16(28)30/h4-5,14H,2-3,6-10H2,1H3,(H,31,32)/t14-/m1/s1. The summed E-state index contributed by atoms with van der Waals surface area (Å²) in [5.41, 5.74) is -0.325. The number of ether oxygens (including phenoxy) is 1. The molecule has 1 fully saturated rings. The molecule has 9 nitrogen and oxygen atoms in total. The highest BCUT2D eigenvalue weighted by Crippen LogP contribution is 2.41. The largest absolute Gasteiger partial charge is 0.487 e. The predicted molar refractivity (Wildman–Crippen MR) is 109 cm³/mol. The van der Waals surface area contributed by atoms with Gasteiger partial charge < -0.3 is 14.7 Å². The number of alkyl halides is 3. The molecule has 178 valence electrons. The summed E-state index contributed by atoms with van der Waals surface area (Å²) in [6, 6.07) is 2.28. The van der Waals surface area contributed by atoms with Crippen molar-refractivity contribution in [3.63, 3.8) is 0 Å². The highest BCUT2D eigenvalue weighted by atomic mass is 35.5. The smallest absolute Gasteiger partial charge is 0.435 e. The molecule has 13 heteroatoms. The molecule has 1 aromatic heterocycles. The summed E-state index contributed by atoms with van der Waals surface area (Å²) in [5.74, 6) is 0.113. The number of benzene rings is 1. The molecule has 0 aliphatic carbocycles. The molecule has 1 aromatic carbocycles. The van der Waals surface area contributed by atoms with Crippen molar-refractivity contribution in [2.24, 2.45) is 7.05 Å². The van der Waals surface area contributed by atoms with Gasteiger partial charge >= 0.3 is 12.3 Å². The van der Waals surface area contributed by atoms with E-state index in [0.29, 0.717) is 46.6 Å². The summed E-state index contributed by atoms with van der Waals surface area (Å²) >= 11 is 6.38. The van der Waals surface area contributed by atoms with E-state index in [9.17, 15) is 27.9 Å². The number of carbonyl (C=O) groups is 2. The topological polar surface area (TPSA) is 101 Å². The van der Waals surface area contributed by atoms with E-state index >= 15 is 0 Å². The Labute approximate surface area is 191 Å². The van der Waals surface area contributed by atoms with Crippen LogP contribution in [-0.4, -0.2) is 61.5 Å². The SMILES string of the molecule is Cn1nnc(COc2ccc(Cl)c3c2[C@@H](CN2CCCC2=O)N(C(=O)O)CC3)c1C(F)(F)F. The average Bonchev–Trinajstić information content (AvgIpc) is 3.32. The van der Waals surface area contributed by atoms with Crippen molar-refractivity contribution in [2.75, 3.05) is 19.6 Å². The fourth-order valence-corrected chi connectivity index (χ4v) is 4.68. The van der Waals surface area contributed by atoms with Gasteiger partial charge in [0, 0.05) is 43.7 Å². The molecule has 3 heterocycles. The van der Waals surface area contributed by atoms with E-state index in [2.05, 4.69) is 10.3 Å². The summed E-state index contributed by atoms with van der Waals surface area (Å²) in [6.07, 6.45) is -4.47. The number of halogens is 4. The molecule has 0 unspecified atom stereocenters. The second-order valence-electron chi connectivity index (χ2n) is 7.92. The Morgan fingerprint density at radius 3 is 2.70 bits per heavy atom. The number of likely N-dealkylation sites (tertiary alicyclic amines) is 1. The van der Waals surface area contributed by atoms with Gasteiger partial charge in [-0.1, -0.05) is 16.8 Å². The van der Waals surface area contributed by atoms with E-state index < -0.39 is 36.3 Å². The van der Waals surface area contributed by atoms with Crippen molar-refractivity contribution in [3.05, 3.63) is 39.7 Å². The second kappa shape index (κ2) is 8.73. The van der Waals surface area contributed by atoms with Crippen LogP contribution in [0.4, 0.5) is 18.0 Å². The Kier molecular flexibility index (Phi) is 6.12. The number of nitrogens with zero attached hydrogens (tertiary/aromatic N) is 5. The van der Waals surface area contributed by atoms with Gasteiger partial charge in [-0.25, -0.2) is 9.48 Å². The minimum atomic E-state index is -4.67. The molecule has 2 amide bonds. The zero-order valence-electron chi connectivity index (χ0n) is 17.6. The van der Waals surface area contributed by atoms with E-state index in [-0.39, 0.29) is 24.7 Å². The lowest BCUT2D eigenvalue weighted by atomic mass is 9.91. The minimum absolute atomic E-state index is 0.0775. The monoisotopic (exact) mass is 487 g/mol. The van der Waals surface area contributed by atoms with Gasteiger partial charge in [0.2, 0.25) is 5.91 Å². The van der Waals surface area contributed by atoms with Crippen molar-refractivity contribution < 1.29 is 32.6 Å². The highest BCUT2D eigenvalue weighted by Gasteiger charge is 2.40. The van der Waals surface area contributed by atoms with E-state index in [4.69, 9.17) is 16.3 Å². The van der Waals surface area contributed by atoms with Crippen LogP contribution >= 0.6 is 11.6 Å². The van der Waals surface area contributed by atoms with Gasteiger partial charge in [0.25, 0.3) is 0 Å². The van der Waals surface area contributed by atoms with Crippen molar-refractivity contribution in [2.45, 2.75) is 38.1 Å². The van der Waals surface area contributed by atoms with Gasteiger partial charge in [-0.05, 0) is 30.5 Å². The first-order chi connectivity index (χ1) is 15.6. The van der Waals surface area contributed by atoms with Crippen molar-refractivity contribution in [1.29, 1.82) is 0 Å². The summed E-state index contributed by atoms with van der Waals surface area (Å²) in [4.78, 5) is 27.0. The lowest BCUT2D eigenvalue weighted by Gasteiger charge is -2.38. The third-order valence-corrected chi connectivity index (χ3v) is 6.27. The number of fused-ring (bicyclic) bond motifs is 1. The van der Waals surface area contributed by atoms with Crippen LogP contribution in [0.1, 0.15) is 41.4 Å². The van der Waals surface area contributed by atoms with Crippen LogP contribution < -0.4 is 4.74 Å². The molecule has 0 spiro atoms. The lowest BCUT2D eigenvalue weighted by Crippen LogP contribution is -2.45. The molecule has 4 rings (SSSR count). The predicted octanol–water partition coefficient (Wildman–Crippen LogP) is 3.27. The summed E-state index contributed by atoms with van der Waals surface area (Å²) in [6.45, 7) is 0.247. The Morgan fingerprint density at radius 1 is 1.30 bits per heavy atom. The number of aromatic nitrogens is 3. The molecule has 33 heavy (non-hydrogen) atoms. The molecule has 0 saturated carbocycles. The Balaban J connectivity index is 1.70. The minimum Gasteiger partial charge on any atom is -0.487 e. The number of amides is 2. The van der Waals surface area contributed by atoms with Crippen LogP contribution in [0.25, 0.3) is 0 Å². The highest BCUT2D eigenvalue weighted by molar-refractivity contribution is 6.31. The third-order valence-electron chi connectivity index (χ3n) is 5.91. The Hall–Kier alpha value is -3.02. The van der Waals surface area contributed by atoms with Crippen LogP contribution in [0.2, 0.25) is 5.02 Å². The van der Waals surface area contributed by atoms with Gasteiger partial charge in [-0.3, -0.25) is 9.69 Å². The maximum atomic E-state index is 13.4. The molecular formula is C20H21ClF3N5O4. The molecule has 1 N–H and O–H groups in total. The normalized spacial score (nSPS) is 18.6. The maximum absolute atomic E-state index is 13.4. The zero-order valence-corrected chi connectivity index (χ0v) is 18.4. The van der Waals surface area contributed by atoms with E-state index in [0.717, 1.165) is 7.05 Å². The first-order valence-electron chi connectivity index (χ1n) is 10.2. The molecule has 2 aromatic rings. The molecule has 1 atom stereocenters. The third kappa shape index (κ3) is 4.43. The van der Waals surface area contributed by atoms with Gasteiger partial charge in [-0.2, -0.15) is 13.2 Å². The van der Waals surface area contributed by atoms with Crippen molar-refractivity contribution >= 4 is 23.6 Å². The number of rotatable bonds is 5. The summed E-state index contributed by atoms with van der Waals surface area (Å²) in [5, 5.41) is 17.2. The Bertz CT molecular complexity index is 1090. The van der Waals surface area contributed by atoms with Crippen LogP contribution in [-0.2, 0) is 31.0 Å². The molecule has 2 aliphatic rings. The molecule has 2 aliphatic heterocycles. The van der Waals surface area contributed by atoms with Gasteiger partial charge in [0.15, 0.2) is 5.69 Å². The average molecular weight is 488 g/mol. The lowest BCUT2D eigenvalue weighted by molar-refractivity contribution is -0.144. The quantitative estimate of drug-likeness (QED) is 0.694. The fraction of sp³-hybridized carbons (Fsp3) is 0.500. The molecule has 0 radical (unpaired) electrons. The van der Waals surface area contributed by atoms with Gasteiger partial charge in [-0.15, -0.1) is 5.10 Å². The summed E-state index contributed by atoms with van der Waals surface area (Å²) < 4.78 is 46.5. The van der Waals surface area contributed by atoms with Crippen LogP contribution in [0.5, 0.6) is 5.75 Å². The van der Waals surface area contributed by atoms with E-state index in [1.54, 1.807) is 11.0 Å². The molecular weight excluding hydrogens is 467 g/mol. The summed E-state index contributed by atoms with van der Waals surface area (Å²) in [7, 11) is 1.14. The fourth-order valence-electron chi connectivity index (χ4n) is 4.42. The first kappa shape index (κ1) is 23.1. The second-order valence-corrected chi connectivity index (χ2v) is 8.32. The van der Waals surface area contributed by atoms with E-state index in [1.165, 1.54) is 11.0 Å². The molecule has 0 bridgehead atoms. The number of hydrogen-bond donors (Lipinski definition) is 1. The van der Waals surface area contributed by atoms with Gasteiger partial charge in [0.05, 0.1) is 6.04 Å². The Morgan fingerprint density at radius 2 is 2.06 bits per heavy atom. The number of hydrogen-bond acceptors (Lipinski definition) is 5. The van der Waals surface area contributed by atoms with Crippen LogP contribution in [0.3, 0.4) is 0 Å². The van der Waals surface area contributed by atoms with Gasteiger partial charge in [0.1, 0.15) is 18.1 Å². The van der Waals surface area contributed by atoms with Crippen molar-refractivity contribution in [1.82, 2.24) is 24.8 Å². The van der Waals surface area contributed by atoms with E-state index in [1.807, 2.05) is 0 Å².